The van der Waals surface area contributed by atoms with E-state index < -0.39 is 0 Å². The number of aromatic nitrogens is 1. The molecule has 5 heteroatoms. The van der Waals surface area contributed by atoms with E-state index in [9.17, 15) is 4.79 Å². The van der Waals surface area contributed by atoms with Crippen molar-refractivity contribution in [2.45, 2.75) is 12.8 Å². The van der Waals surface area contributed by atoms with Gasteiger partial charge in [0.2, 0.25) is 5.91 Å². The Hall–Kier alpha value is -1.88. The van der Waals surface area contributed by atoms with Crippen molar-refractivity contribution in [3.05, 3.63) is 52.3 Å². The molecule has 102 valence electrons. The minimum absolute atomic E-state index is 0.00836. The van der Waals surface area contributed by atoms with Crippen LogP contribution in [-0.4, -0.2) is 17.4 Å². The third-order valence-electron chi connectivity index (χ3n) is 3.43. The zero-order valence-electron chi connectivity index (χ0n) is 11.0. The molecule has 0 radical (unpaired) electrons. The van der Waals surface area contributed by atoms with Crippen molar-refractivity contribution in [2.24, 2.45) is 0 Å². The molecule has 0 bridgehead atoms. The molecular formula is C15H14BrN3O. The van der Waals surface area contributed by atoms with Crippen LogP contribution in [0.15, 0.2) is 41.1 Å². The molecule has 2 aromatic rings. The lowest BCUT2D eigenvalue weighted by Crippen LogP contribution is -2.22. The van der Waals surface area contributed by atoms with Crippen molar-refractivity contribution >= 4 is 33.2 Å². The number of anilines is 2. The summed E-state index contributed by atoms with van der Waals surface area (Å²) in [5, 5.41) is 6.18. The van der Waals surface area contributed by atoms with Gasteiger partial charge in [-0.3, -0.25) is 4.79 Å². The SMILES string of the molecule is Cc1cc(NC(=O)C2CNc3ccccc32)cnc1Br. The van der Waals surface area contributed by atoms with Crippen molar-refractivity contribution in [1.82, 2.24) is 4.98 Å². The molecule has 1 aromatic carbocycles. The quantitative estimate of drug-likeness (QED) is 0.830. The van der Waals surface area contributed by atoms with Crippen molar-refractivity contribution < 1.29 is 4.79 Å². The van der Waals surface area contributed by atoms with Crippen LogP contribution < -0.4 is 10.6 Å². The van der Waals surface area contributed by atoms with Gasteiger partial charge in [-0.1, -0.05) is 18.2 Å². The standard InChI is InChI=1S/C15H14BrN3O/c1-9-6-10(7-18-14(9)16)19-15(20)12-8-17-13-5-3-2-4-11(12)13/h2-7,12,17H,8H2,1H3,(H,19,20). The van der Waals surface area contributed by atoms with Crippen molar-refractivity contribution in [1.29, 1.82) is 0 Å². The maximum Gasteiger partial charge on any atom is 0.233 e. The van der Waals surface area contributed by atoms with E-state index >= 15 is 0 Å². The summed E-state index contributed by atoms with van der Waals surface area (Å²) in [4.78, 5) is 16.6. The van der Waals surface area contributed by atoms with E-state index in [1.165, 1.54) is 0 Å². The molecule has 20 heavy (non-hydrogen) atoms. The van der Waals surface area contributed by atoms with Crippen LogP contribution in [0.5, 0.6) is 0 Å². The average molecular weight is 332 g/mol. The van der Waals surface area contributed by atoms with E-state index in [-0.39, 0.29) is 11.8 Å². The maximum atomic E-state index is 12.4. The number of halogens is 1. The highest BCUT2D eigenvalue weighted by atomic mass is 79.9. The Morgan fingerprint density at radius 3 is 3.05 bits per heavy atom. The number of nitrogens with one attached hydrogen (secondary N) is 2. The normalized spacial score (nSPS) is 16.4. The van der Waals surface area contributed by atoms with Gasteiger partial charge in [0.25, 0.3) is 0 Å². The molecule has 1 amide bonds. The molecule has 0 aliphatic carbocycles. The maximum absolute atomic E-state index is 12.4. The first kappa shape index (κ1) is 13.1. The largest absolute Gasteiger partial charge is 0.384 e. The van der Waals surface area contributed by atoms with Crippen LogP contribution in [0.2, 0.25) is 0 Å². The Labute approximate surface area is 125 Å². The number of nitrogens with zero attached hydrogens (tertiary/aromatic N) is 1. The average Bonchev–Trinajstić information content (AvgIpc) is 2.87. The van der Waals surface area contributed by atoms with Crippen LogP contribution in [0.4, 0.5) is 11.4 Å². The highest BCUT2D eigenvalue weighted by Gasteiger charge is 2.28. The second-order valence-corrected chi connectivity index (χ2v) is 5.59. The zero-order valence-corrected chi connectivity index (χ0v) is 12.6. The van der Waals surface area contributed by atoms with E-state index in [2.05, 4.69) is 31.5 Å². The van der Waals surface area contributed by atoms with E-state index in [4.69, 9.17) is 0 Å². The predicted octanol–water partition coefficient (Wildman–Crippen LogP) is 3.30. The lowest BCUT2D eigenvalue weighted by atomic mass is 10.0. The van der Waals surface area contributed by atoms with Crippen LogP contribution in [0.25, 0.3) is 0 Å². The molecule has 4 nitrogen and oxygen atoms in total. The molecule has 0 fully saturated rings. The number of benzene rings is 1. The second kappa shape index (κ2) is 5.25. The van der Waals surface area contributed by atoms with E-state index in [0.29, 0.717) is 6.54 Å². The van der Waals surface area contributed by atoms with Crippen LogP contribution in [0.3, 0.4) is 0 Å². The summed E-state index contributed by atoms with van der Waals surface area (Å²) in [6.45, 7) is 2.58. The summed E-state index contributed by atoms with van der Waals surface area (Å²) >= 11 is 3.35. The number of hydrogen-bond acceptors (Lipinski definition) is 3. The number of hydrogen-bond donors (Lipinski definition) is 2. The smallest absolute Gasteiger partial charge is 0.233 e. The fourth-order valence-corrected chi connectivity index (χ4v) is 2.59. The van der Waals surface area contributed by atoms with Gasteiger partial charge < -0.3 is 10.6 Å². The molecule has 1 aliphatic heterocycles. The highest BCUT2D eigenvalue weighted by molar-refractivity contribution is 9.10. The molecule has 2 N–H and O–H groups in total. The van der Waals surface area contributed by atoms with Crippen LogP contribution in [-0.2, 0) is 4.79 Å². The minimum Gasteiger partial charge on any atom is -0.384 e. The number of amides is 1. The molecule has 0 saturated heterocycles. The summed E-state index contributed by atoms with van der Waals surface area (Å²) in [6.07, 6.45) is 1.66. The van der Waals surface area contributed by atoms with Crippen molar-refractivity contribution in [3.8, 4) is 0 Å². The van der Waals surface area contributed by atoms with Gasteiger partial charge in [-0.25, -0.2) is 4.98 Å². The molecule has 1 aliphatic rings. The summed E-state index contributed by atoms with van der Waals surface area (Å²) in [5.74, 6) is -0.166. The molecule has 0 saturated carbocycles. The van der Waals surface area contributed by atoms with Gasteiger partial charge in [0.05, 0.1) is 17.8 Å². The first-order valence-corrected chi connectivity index (χ1v) is 7.20. The topological polar surface area (TPSA) is 54.0 Å². The van der Waals surface area contributed by atoms with Gasteiger partial charge in [-0.05, 0) is 46.1 Å². The van der Waals surface area contributed by atoms with Gasteiger partial charge in [-0.2, -0.15) is 0 Å². The van der Waals surface area contributed by atoms with E-state index in [1.807, 2.05) is 37.3 Å². The number of para-hydroxylation sites is 1. The molecule has 1 atom stereocenters. The number of carbonyl (C=O) groups excluding carboxylic acids is 1. The zero-order chi connectivity index (χ0) is 14.1. The molecule has 2 heterocycles. The highest BCUT2D eigenvalue weighted by Crippen LogP contribution is 2.31. The Morgan fingerprint density at radius 2 is 2.25 bits per heavy atom. The first-order valence-electron chi connectivity index (χ1n) is 6.41. The van der Waals surface area contributed by atoms with Gasteiger partial charge in [0, 0.05) is 12.2 Å². The number of rotatable bonds is 2. The minimum atomic E-state index is -0.157. The molecule has 1 unspecified atom stereocenters. The second-order valence-electron chi connectivity index (χ2n) is 4.84. The van der Waals surface area contributed by atoms with Crippen LogP contribution in [0.1, 0.15) is 17.0 Å². The third-order valence-corrected chi connectivity index (χ3v) is 4.26. The van der Waals surface area contributed by atoms with Gasteiger partial charge in [0.15, 0.2) is 0 Å². The molecule has 0 spiro atoms. The number of carbonyl (C=O) groups is 1. The first-order chi connectivity index (χ1) is 9.65. The number of aryl methyl sites for hydroxylation is 1. The van der Waals surface area contributed by atoms with Crippen LogP contribution in [0, 0.1) is 6.92 Å². The Morgan fingerprint density at radius 1 is 1.45 bits per heavy atom. The van der Waals surface area contributed by atoms with E-state index in [0.717, 1.165) is 27.1 Å². The predicted molar refractivity (Wildman–Crippen MR) is 83.0 cm³/mol. The monoisotopic (exact) mass is 331 g/mol. The Kier molecular flexibility index (Phi) is 3.44. The molecule has 1 aromatic heterocycles. The number of fused-ring (bicyclic) bond motifs is 1. The van der Waals surface area contributed by atoms with Crippen molar-refractivity contribution in [2.75, 3.05) is 17.2 Å². The number of pyridine rings is 1. The van der Waals surface area contributed by atoms with Gasteiger partial charge in [-0.15, -0.1) is 0 Å². The van der Waals surface area contributed by atoms with E-state index in [1.54, 1.807) is 6.20 Å². The Bertz CT molecular complexity index is 672. The van der Waals surface area contributed by atoms with Gasteiger partial charge >= 0.3 is 0 Å². The van der Waals surface area contributed by atoms with Crippen molar-refractivity contribution in [3.63, 3.8) is 0 Å². The molecular weight excluding hydrogens is 318 g/mol. The third kappa shape index (κ3) is 2.41. The summed E-state index contributed by atoms with van der Waals surface area (Å²) in [7, 11) is 0. The lowest BCUT2D eigenvalue weighted by Gasteiger charge is -2.11. The van der Waals surface area contributed by atoms with Crippen LogP contribution >= 0.6 is 15.9 Å². The van der Waals surface area contributed by atoms with Gasteiger partial charge in [0.1, 0.15) is 4.60 Å². The Balaban J connectivity index is 1.79. The lowest BCUT2D eigenvalue weighted by molar-refractivity contribution is -0.117. The molecule has 3 rings (SSSR count). The summed E-state index contributed by atoms with van der Waals surface area (Å²) < 4.78 is 0.795. The summed E-state index contributed by atoms with van der Waals surface area (Å²) in [6, 6.07) is 9.81. The fraction of sp³-hybridized carbons (Fsp3) is 0.200. The fourth-order valence-electron chi connectivity index (χ4n) is 2.37. The summed E-state index contributed by atoms with van der Waals surface area (Å²) in [5.41, 5.74) is 3.80.